The largest absolute Gasteiger partial charge is 0.448 e. The first-order valence-electron chi connectivity index (χ1n) is 7.32. The van der Waals surface area contributed by atoms with Gasteiger partial charge >= 0.3 is 5.97 Å². The Morgan fingerprint density at radius 3 is 2.92 bits per heavy atom. The van der Waals surface area contributed by atoms with E-state index in [1.807, 2.05) is 11.4 Å². The number of carbonyl (C=O) groups is 2. The smallest absolute Gasteiger partial charge is 0.359 e. The van der Waals surface area contributed by atoms with Crippen molar-refractivity contribution in [1.29, 1.82) is 0 Å². The van der Waals surface area contributed by atoms with Gasteiger partial charge in [0.05, 0.1) is 5.02 Å². The normalized spacial score (nSPS) is 14.9. The van der Waals surface area contributed by atoms with Crippen LogP contribution in [0.25, 0.3) is 0 Å². The Labute approximate surface area is 153 Å². The maximum Gasteiger partial charge on any atom is 0.359 e. The standard InChI is InChI=1S/C16H14Cl2N2O3S/c1-9(23-16(22)14-11(17)2-3-13(18)19-14)15(21)20-6-4-12-10(8-20)5-7-24-12/h2-3,5,7,9H,4,6,8H2,1H3. The van der Waals surface area contributed by atoms with E-state index in [-0.39, 0.29) is 21.8 Å². The summed E-state index contributed by atoms with van der Waals surface area (Å²) in [5.74, 6) is -1.00. The molecule has 0 aliphatic carbocycles. The number of aromatic nitrogens is 1. The Morgan fingerprint density at radius 1 is 1.33 bits per heavy atom. The van der Waals surface area contributed by atoms with Crippen LogP contribution < -0.4 is 0 Å². The first-order valence-corrected chi connectivity index (χ1v) is 8.96. The summed E-state index contributed by atoms with van der Waals surface area (Å²) in [5, 5.41) is 2.28. The third-order valence-electron chi connectivity index (χ3n) is 3.76. The van der Waals surface area contributed by atoms with E-state index in [1.165, 1.54) is 17.0 Å². The molecule has 0 bridgehead atoms. The summed E-state index contributed by atoms with van der Waals surface area (Å²) < 4.78 is 5.22. The highest BCUT2D eigenvalue weighted by Gasteiger charge is 2.28. The van der Waals surface area contributed by atoms with Gasteiger partial charge in [-0.3, -0.25) is 4.79 Å². The Morgan fingerprint density at radius 2 is 2.12 bits per heavy atom. The topological polar surface area (TPSA) is 59.5 Å². The lowest BCUT2D eigenvalue weighted by Crippen LogP contribution is -2.42. The summed E-state index contributed by atoms with van der Waals surface area (Å²) in [6.07, 6.45) is -0.101. The van der Waals surface area contributed by atoms with Gasteiger partial charge in [0.25, 0.3) is 5.91 Å². The number of pyridine rings is 1. The summed E-state index contributed by atoms with van der Waals surface area (Å²) in [6.45, 7) is 2.70. The van der Waals surface area contributed by atoms with Gasteiger partial charge in [-0.25, -0.2) is 9.78 Å². The molecular formula is C16H14Cl2N2O3S. The van der Waals surface area contributed by atoms with Gasteiger partial charge in [0.2, 0.25) is 0 Å². The molecule has 0 aromatic carbocycles. The summed E-state index contributed by atoms with van der Waals surface area (Å²) in [5.41, 5.74) is 1.06. The van der Waals surface area contributed by atoms with Crippen molar-refractivity contribution in [2.24, 2.45) is 0 Å². The van der Waals surface area contributed by atoms with Crippen molar-refractivity contribution in [2.75, 3.05) is 6.54 Å². The quantitative estimate of drug-likeness (QED) is 0.599. The highest BCUT2D eigenvalue weighted by atomic mass is 35.5. The third-order valence-corrected chi connectivity index (χ3v) is 5.29. The Bertz CT molecular complexity index is 793. The number of hydrogen-bond donors (Lipinski definition) is 0. The minimum atomic E-state index is -0.922. The SMILES string of the molecule is CC(OC(=O)c1nc(Cl)ccc1Cl)C(=O)N1CCc2sccc2C1. The first-order chi connectivity index (χ1) is 11.5. The van der Waals surface area contributed by atoms with Gasteiger partial charge in [-0.05, 0) is 42.5 Å². The van der Waals surface area contributed by atoms with Gasteiger partial charge in [-0.15, -0.1) is 11.3 Å². The van der Waals surface area contributed by atoms with Crippen molar-refractivity contribution >= 4 is 46.4 Å². The lowest BCUT2D eigenvalue weighted by molar-refractivity contribution is -0.140. The second-order valence-electron chi connectivity index (χ2n) is 5.39. The van der Waals surface area contributed by atoms with Gasteiger partial charge in [0.15, 0.2) is 11.8 Å². The maximum absolute atomic E-state index is 12.5. The molecule has 2 aromatic rings. The van der Waals surface area contributed by atoms with Crippen LogP contribution in [0, 0.1) is 0 Å². The number of thiophene rings is 1. The van der Waals surface area contributed by atoms with Crippen LogP contribution in [-0.4, -0.2) is 34.4 Å². The van der Waals surface area contributed by atoms with Crippen LogP contribution >= 0.6 is 34.5 Å². The lowest BCUT2D eigenvalue weighted by atomic mass is 10.1. The summed E-state index contributed by atoms with van der Waals surface area (Å²) in [4.78, 5) is 31.6. The number of esters is 1. The van der Waals surface area contributed by atoms with Gasteiger partial charge in [0.1, 0.15) is 5.15 Å². The molecule has 0 spiro atoms. The van der Waals surface area contributed by atoms with Crippen LogP contribution in [0.1, 0.15) is 27.9 Å². The molecular weight excluding hydrogens is 371 g/mol. The van der Waals surface area contributed by atoms with E-state index in [0.29, 0.717) is 13.1 Å². The van der Waals surface area contributed by atoms with E-state index >= 15 is 0 Å². The lowest BCUT2D eigenvalue weighted by Gasteiger charge is -2.29. The van der Waals surface area contributed by atoms with E-state index in [1.54, 1.807) is 23.2 Å². The van der Waals surface area contributed by atoms with Crippen molar-refractivity contribution in [3.63, 3.8) is 0 Å². The molecule has 1 aliphatic heterocycles. The molecule has 0 saturated heterocycles. The van der Waals surface area contributed by atoms with Crippen LogP contribution in [0.5, 0.6) is 0 Å². The zero-order valence-corrected chi connectivity index (χ0v) is 15.1. The van der Waals surface area contributed by atoms with E-state index in [4.69, 9.17) is 27.9 Å². The maximum atomic E-state index is 12.5. The van der Waals surface area contributed by atoms with Gasteiger partial charge < -0.3 is 9.64 Å². The predicted octanol–water partition coefficient (Wildman–Crippen LogP) is 3.58. The van der Waals surface area contributed by atoms with E-state index in [9.17, 15) is 9.59 Å². The van der Waals surface area contributed by atoms with E-state index in [2.05, 4.69) is 4.98 Å². The second kappa shape index (κ2) is 7.09. The van der Waals surface area contributed by atoms with Crippen LogP contribution in [-0.2, 0) is 22.5 Å². The van der Waals surface area contributed by atoms with Crippen molar-refractivity contribution < 1.29 is 14.3 Å². The van der Waals surface area contributed by atoms with Gasteiger partial charge in [-0.1, -0.05) is 23.2 Å². The zero-order valence-electron chi connectivity index (χ0n) is 12.8. The van der Waals surface area contributed by atoms with Crippen LogP contribution in [0.4, 0.5) is 0 Å². The highest BCUT2D eigenvalue weighted by Crippen LogP contribution is 2.25. The van der Waals surface area contributed by atoms with Crippen LogP contribution in [0.15, 0.2) is 23.6 Å². The fourth-order valence-corrected chi connectivity index (χ4v) is 3.74. The molecule has 2 aromatic heterocycles. The van der Waals surface area contributed by atoms with Crippen molar-refractivity contribution in [3.8, 4) is 0 Å². The number of rotatable bonds is 3. The van der Waals surface area contributed by atoms with Gasteiger partial charge in [-0.2, -0.15) is 0 Å². The average Bonchev–Trinajstić information content (AvgIpc) is 3.03. The number of carbonyl (C=O) groups excluding carboxylic acids is 2. The monoisotopic (exact) mass is 384 g/mol. The van der Waals surface area contributed by atoms with E-state index in [0.717, 1.165) is 12.0 Å². The Hall–Kier alpha value is -1.63. The summed E-state index contributed by atoms with van der Waals surface area (Å²) in [7, 11) is 0. The zero-order chi connectivity index (χ0) is 17.3. The first kappa shape index (κ1) is 17.2. The number of fused-ring (bicyclic) bond motifs is 1. The highest BCUT2D eigenvalue weighted by molar-refractivity contribution is 7.10. The molecule has 3 rings (SSSR count). The molecule has 1 aliphatic rings. The molecule has 1 atom stereocenters. The van der Waals surface area contributed by atoms with Gasteiger partial charge in [0, 0.05) is 18.0 Å². The molecule has 3 heterocycles. The van der Waals surface area contributed by atoms with E-state index < -0.39 is 12.1 Å². The molecule has 1 unspecified atom stereocenters. The molecule has 0 radical (unpaired) electrons. The molecule has 5 nitrogen and oxygen atoms in total. The van der Waals surface area contributed by atoms with Crippen LogP contribution in [0.2, 0.25) is 10.2 Å². The molecule has 0 fully saturated rings. The summed E-state index contributed by atoms with van der Waals surface area (Å²) in [6, 6.07) is 4.95. The Kier molecular flexibility index (Phi) is 5.08. The second-order valence-corrected chi connectivity index (χ2v) is 7.19. The minimum absolute atomic E-state index is 0.0948. The average molecular weight is 385 g/mol. The van der Waals surface area contributed by atoms with Crippen molar-refractivity contribution in [2.45, 2.75) is 26.0 Å². The molecule has 1 amide bonds. The minimum Gasteiger partial charge on any atom is -0.448 e. The molecule has 0 N–H and O–H groups in total. The van der Waals surface area contributed by atoms with Crippen LogP contribution in [0.3, 0.4) is 0 Å². The molecule has 126 valence electrons. The fraction of sp³-hybridized carbons (Fsp3) is 0.312. The van der Waals surface area contributed by atoms with Crippen molar-refractivity contribution in [3.05, 3.63) is 49.9 Å². The number of ether oxygens (including phenoxy) is 1. The number of nitrogens with zero attached hydrogens (tertiary/aromatic N) is 2. The van der Waals surface area contributed by atoms with Crippen molar-refractivity contribution in [1.82, 2.24) is 9.88 Å². The molecule has 8 heteroatoms. The third kappa shape index (κ3) is 3.55. The number of halogens is 2. The number of amides is 1. The molecule has 0 saturated carbocycles. The summed E-state index contributed by atoms with van der Waals surface area (Å²) >= 11 is 13.4. The number of hydrogen-bond acceptors (Lipinski definition) is 5. The molecule has 24 heavy (non-hydrogen) atoms. The Balaban J connectivity index is 1.66. The fourth-order valence-electron chi connectivity index (χ4n) is 2.52. The predicted molar refractivity (Wildman–Crippen MR) is 92.6 cm³/mol.